The minimum Gasteiger partial charge on any atom is -0.381 e. The van der Waals surface area contributed by atoms with Crippen LogP contribution in [0.2, 0.25) is 0 Å². The van der Waals surface area contributed by atoms with Crippen LogP contribution in [0.15, 0.2) is 0 Å². The van der Waals surface area contributed by atoms with E-state index in [4.69, 9.17) is 10.5 Å². The molecule has 0 saturated heterocycles. The average Bonchev–Trinajstić information content (AvgIpc) is 2.42. The summed E-state index contributed by atoms with van der Waals surface area (Å²) in [4.78, 5) is 0. The molecule has 0 unspecified atom stereocenters. The summed E-state index contributed by atoms with van der Waals surface area (Å²) in [5.41, 5.74) is 5.53. The lowest BCUT2D eigenvalue weighted by molar-refractivity contribution is 0.136. The molecule has 0 amide bonds. The highest BCUT2D eigenvalue weighted by molar-refractivity contribution is 5.85. The molecule has 0 aromatic heterocycles. The molecule has 1 fully saturated rings. The van der Waals surface area contributed by atoms with Crippen LogP contribution in [0.4, 0.5) is 0 Å². The fourth-order valence-electron chi connectivity index (χ4n) is 0.732. The highest BCUT2D eigenvalue weighted by Gasteiger charge is 2.32. The van der Waals surface area contributed by atoms with Gasteiger partial charge in [-0.05, 0) is 19.3 Å². The van der Waals surface area contributed by atoms with E-state index in [9.17, 15) is 0 Å². The first-order chi connectivity index (χ1) is 3.84. The molecule has 0 aliphatic heterocycles. The van der Waals surface area contributed by atoms with Crippen molar-refractivity contribution >= 4 is 12.4 Å². The minimum atomic E-state index is 0. The van der Waals surface area contributed by atoms with Gasteiger partial charge >= 0.3 is 0 Å². The topological polar surface area (TPSA) is 35.2 Å². The second-order valence-electron chi connectivity index (χ2n) is 2.32. The van der Waals surface area contributed by atoms with Crippen molar-refractivity contribution < 1.29 is 4.74 Å². The quantitative estimate of drug-likeness (QED) is 0.648. The highest BCUT2D eigenvalue weighted by Crippen LogP contribution is 2.27. The molecule has 2 N–H and O–H groups in total. The largest absolute Gasteiger partial charge is 0.381 e. The van der Waals surface area contributed by atoms with Crippen molar-refractivity contribution in [2.24, 2.45) is 11.7 Å². The van der Waals surface area contributed by atoms with Crippen molar-refractivity contribution in [3.8, 4) is 0 Å². The molecule has 1 rings (SSSR count). The van der Waals surface area contributed by atoms with Gasteiger partial charge in [-0.25, -0.2) is 0 Å². The maximum atomic E-state index is 5.53. The van der Waals surface area contributed by atoms with Gasteiger partial charge in [-0.15, -0.1) is 12.4 Å². The highest BCUT2D eigenvalue weighted by atomic mass is 35.5. The molecule has 0 spiro atoms. The summed E-state index contributed by atoms with van der Waals surface area (Å²) < 4.78 is 5.15. The van der Waals surface area contributed by atoms with Crippen molar-refractivity contribution in [3.63, 3.8) is 0 Å². The van der Waals surface area contributed by atoms with Gasteiger partial charge in [0.1, 0.15) is 0 Å². The standard InChI is InChI=1S/C6H13NO.ClH/c1-2-8-4-5-3-6(5)7;/h5-6H,2-4,7H2,1H3;1H/t5-,6+;/m0./s1. The molecule has 1 aliphatic rings. The molecular formula is C6H14ClNO. The number of hydrogen-bond acceptors (Lipinski definition) is 2. The molecule has 9 heavy (non-hydrogen) atoms. The monoisotopic (exact) mass is 151 g/mol. The predicted molar refractivity (Wildman–Crippen MR) is 39.8 cm³/mol. The Morgan fingerprint density at radius 1 is 1.67 bits per heavy atom. The van der Waals surface area contributed by atoms with Gasteiger partial charge in [0.2, 0.25) is 0 Å². The fraction of sp³-hybridized carbons (Fsp3) is 1.00. The lowest BCUT2D eigenvalue weighted by Gasteiger charge is -1.95. The fourth-order valence-corrected chi connectivity index (χ4v) is 0.732. The predicted octanol–water partition coefficient (Wildman–Crippen LogP) is 0.792. The molecule has 2 atom stereocenters. The first-order valence-electron chi connectivity index (χ1n) is 3.18. The van der Waals surface area contributed by atoms with Gasteiger partial charge in [0, 0.05) is 12.6 Å². The molecule has 2 nitrogen and oxygen atoms in total. The van der Waals surface area contributed by atoms with Crippen LogP contribution in [0, 0.1) is 5.92 Å². The third-order valence-electron chi connectivity index (χ3n) is 1.51. The smallest absolute Gasteiger partial charge is 0.0509 e. The Labute approximate surface area is 62.2 Å². The van der Waals surface area contributed by atoms with E-state index in [2.05, 4.69) is 0 Å². The van der Waals surface area contributed by atoms with E-state index in [0.29, 0.717) is 12.0 Å². The van der Waals surface area contributed by atoms with Crippen molar-refractivity contribution in [1.82, 2.24) is 0 Å². The zero-order valence-electron chi connectivity index (χ0n) is 5.67. The van der Waals surface area contributed by atoms with E-state index < -0.39 is 0 Å². The van der Waals surface area contributed by atoms with Gasteiger partial charge in [-0.1, -0.05) is 0 Å². The Kier molecular flexibility index (Phi) is 4.19. The molecule has 1 aliphatic carbocycles. The first kappa shape index (κ1) is 9.21. The Hall–Kier alpha value is 0.210. The summed E-state index contributed by atoms with van der Waals surface area (Å²) in [6.07, 6.45) is 1.17. The van der Waals surface area contributed by atoms with Crippen LogP contribution in [0.25, 0.3) is 0 Å². The second kappa shape index (κ2) is 4.09. The summed E-state index contributed by atoms with van der Waals surface area (Å²) in [6.45, 7) is 3.70. The molecule has 0 aromatic rings. The van der Waals surface area contributed by atoms with Crippen LogP contribution >= 0.6 is 12.4 Å². The summed E-state index contributed by atoms with van der Waals surface area (Å²) >= 11 is 0. The molecule has 0 heterocycles. The van der Waals surface area contributed by atoms with Gasteiger partial charge in [0.25, 0.3) is 0 Å². The zero-order chi connectivity index (χ0) is 5.98. The molecular weight excluding hydrogens is 138 g/mol. The minimum absolute atomic E-state index is 0. The molecule has 56 valence electrons. The normalized spacial score (nSPS) is 31.3. The molecule has 0 bridgehead atoms. The van der Waals surface area contributed by atoms with Crippen molar-refractivity contribution in [1.29, 1.82) is 0 Å². The number of nitrogens with two attached hydrogens (primary N) is 1. The van der Waals surface area contributed by atoms with E-state index >= 15 is 0 Å². The number of halogens is 1. The first-order valence-corrected chi connectivity index (χ1v) is 3.18. The van der Waals surface area contributed by atoms with Crippen molar-refractivity contribution in [3.05, 3.63) is 0 Å². The molecule has 1 saturated carbocycles. The van der Waals surface area contributed by atoms with Crippen LogP contribution in [-0.4, -0.2) is 19.3 Å². The van der Waals surface area contributed by atoms with Crippen molar-refractivity contribution in [2.75, 3.05) is 13.2 Å². The van der Waals surface area contributed by atoms with Gasteiger partial charge < -0.3 is 10.5 Å². The van der Waals surface area contributed by atoms with Gasteiger partial charge in [-0.3, -0.25) is 0 Å². The van der Waals surface area contributed by atoms with Crippen LogP contribution in [0.3, 0.4) is 0 Å². The number of rotatable bonds is 3. The van der Waals surface area contributed by atoms with Gasteiger partial charge in [0.05, 0.1) is 6.61 Å². The van der Waals surface area contributed by atoms with Gasteiger partial charge in [-0.2, -0.15) is 0 Å². The van der Waals surface area contributed by atoms with E-state index in [1.165, 1.54) is 6.42 Å². The van der Waals surface area contributed by atoms with Crippen LogP contribution in [0.1, 0.15) is 13.3 Å². The maximum absolute atomic E-state index is 5.53. The molecule has 3 heteroatoms. The number of ether oxygens (including phenoxy) is 1. The summed E-state index contributed by atoms with van der Waals surface area (Å²) in [7, 11) is 0. The van der Waals surface area contributed by atoms with Crippen LogP contribution < -0.4 is 5.73 Å². The zero-order valence-corrected chi connectivity index (χ0v) is 6.49. The summed E-state index contributed by atoms with van der Waals surface area (Å²) in [5.74, 6) is 0.676. The summed E-state index contributed by atoms with van der Waals surface area (Å²) in [5, 5.41) is 0. The third kappa shape index (κ3) is 3.04. The molecule has 0 radical (unpaired) electrons. The molecule has 0 aromatic carbocycles. The maximum Gasteiger partial charge on any atom is 0.0509 e. The van der Waals surface area contributed by atoms with E-state index in [1.54, 1.807) is 0 Å². The van der Waals surface area contributed by atoms with Crippen LogP contribution in [-0.2, 0) is 4.74 Å². The van der Waals surface area contributed by atoms with Gasteiger partial charge in [0.15, 0.2) is 0 Å². The van der Waals surface area contributed by atoms with E-state index in [0.717, 1.165) is 13.2 Å². The lowest BCUT2D eigenvalue weighted by Crippen LogP contribution is -2.06. The van der Waals surface area contributed by atoms with Crippen molar-refractivity contribution in [2.45, 2.75) is 19.4 Å². The SMILES string of the molecule is CCOC[C@@H]1C[C@H]1N.Cl. The van der Waals surface area contributed by atoms with E-state index in [1.807, 2.05) is 6.92 Å². The summed E-state index contributed by atoms with van der Waals surface area (Å²) in [6, 6.07) is 0.446. The Balaban J connectivity index is 0.000000640. The Morgan fingerprint density at radius 3 is 2.56 bits per heavy atom. The lowest BCUT2D eigenvalue weighted by atomic mass is 10.4. The average molecular weight is 152 g/mol. The number of hydrogen-bond donors (Lipinski definition) is 1. The van der Waals surface area contributed by atoms with E-state index in [-0.39, 0.29) is 12.4 Å². The third-order valence-corrected chi connectivity index (χ3v) is 1.51. The second-order valence-corrected chi connectivity index (χ2v) is 2.32. The Morgan fingerprint density at radius 2 is 2.22 bits per heavy atom. The van der Waals surface area contributed by atoms with Crippen LogP contribution in [0.5, 0.6) is 0 Å². The Bertz CT molecular complexity index is 79.5.